The molecule has 0 radical (unpaired) electrons. The molecule has 0 atom stereocenters. The van der Waals surface area contributed by atoms with E-state index in [4.69, 9.17) is 0 Å². The second kappa shape index (κ2) is 4.57. The van der Waals surface area contributed by atoms with Crippen LogP contribution < -0.4 is 5.32 Å². The van der Waals surface area contributed by atoms with Gasteiger partial charge in [-0.3, -0.25) is 0 Å². The van der Waals surface area contributed by atoms with Crippen molar-refractivity contribution in [2.75, 3.05) is 5.32 Å². The summed E-state index contributed by atoms with van der Waals surface area (Å²) in [6, 6.07) is 4.34. The van der Waals surface area contributed by atoms with Gasteiger partial charge in [-0.15, -0.1) is 5.10 Å². The molecule has 0 saturated heterocycles. The predicted molar refractivity (Wildman–Crippen MR) is 58.7 cm³/mol. The molecule has 82 valence electrons. The van der Waals surface area contributed by atoms with Crippen molar-refractivity contribution in [2.45, 2.75) is 44.8 Å². The SMILES string of the molecule is Cc1ccc(NC2CCC(O)CC2)nn1. The summed E-state index contributed by atoms with van der Waals surface area (Å²) in [4.78, 5) is 0. The van der Waals surface area contributed by atoms with E-state index < -0.39 is 0 Å². The highest BCUT2D eigenvalue weighted by Crippen LogP contribution is 2.20. The summed E-state index contributed by atoms with van der Waals surface area (Å²) >= 11 is 0. The number of aryl methyl sites for hydroxylation is 1. The number of rotatable bonds is 2. The fraction of sp³-hybridized carbons (Fsp3) is 0.636. The normalized spacial score (nSPS) is 26.3. The molecule has 1 aliphatic rings. The maximum absolute atomic E-state index is 9.37. The number of hydrogen-bond donors (Lipinski definition) is 2. The standard InChI is InChI=1S/C11H17N3O/c1-8-2-7-11(14-13-8)12-9-3-5-10(15)6-4-9/h2,7,9-10,15H,3-6H2,1H3,(H,12,14). The molecule has 0 amide bonds. The van der Waals surface area contributed by atoms with Crippen molar-refractivity contribution in [1.82, 2.24) is 10.2 Å². The Hall–Kier alpha value is -1.16. The zero-order valence-electron chi connectivity index (χ0n) is 8.98. The molecule has 0 unspecified atom stereocenters. The zero-order valence-corrected chi connectivity index (χ0v) is 8.98. The van der Waals surface area contributed by atoms with Gasteiger partial charge in [0.1, 0.15) is 5.82 Å². The van der Waals surface area contributed by atoms with Crippen LogP contribution in [0.15, 0.2) is 12.1 Å². The highest BCUT2D eigenvalue weighted by molar-refractivity contribution is 5.34. The van der Waals surface area contributed by atoms with Crippen LogP contribution in [0.3, 0.4) is 0 Å². The van der Waals surface area contributed by atoms with E-state index in [2.05, 4.69) is 15.5 Å². The largest absolute Gasteiger partial charge is 0.393 e. The minimum Gasteiger partial charge on any atom is -0.393 e. The van der Waals surface area contributed by atoms with Gasteiger partial charge in [-0.05, 0) is 44.7 Å². The van der Waals surface area contributed by atoms with Crippen LogP contribution >= 0.6 is 0 Å². The number of nitrogens with one attached hydrogen (secondary N) is 1. The van der Waals surface area contributed by atoms with Crippen LogP contribution in [0.5, 0.6) is 0 Å². The number of nitrogens with zero attached hydrogens (tertiary/aromatic N) is 2. The average molecular weight is 207 g/mol. The Morgan fingerprint density at radius 2 is 1.93 bits per heavy atom. The van der Waals surface area contributed by atoms with Gasteiger partial charge in [0.15, 0.2) is 0 Å². The molecule has 1 saturated carbocycles. The van der Waals surface area contributed by atoms with E-state index >= 15 is 0 Å². The highest BCUT2D eigenvalue weighted by Gasteiger charge is 2.19. The fourth-order valence-corrected chi connectivity index (χ4v) is 1.91. The van der Waals surface area contributed by atoms with Gasteiger partial charge in [0.05, 0.1) is 11.8 Å². The third kappa shape index (κ3) is 2.89. The molecule has 0 spiro atoms. The lowest BCUT2D eigenvalue weighted by Gasteiger charge is -2.26. The Bertz CT molecular complexity index is 304. The average Bonchev–Trinajstić information content (AvgIpc) is 2.25. The molecule has 15 heavy (non-hydrogen) atoms. The summed E-state index contributed by atoms with van der Waals surface area (Å²) in [5, 5.41) is 20.8. The third-order valence-corrected chi connectivity index (χ3v) is 2.85. The number of hydrogen-bond acceptors (Lipinski definition) is 4. The molecular weight excluding hydrogens is 190 g/mol. The monoisotopic (exact) mass is 207 g/mol. The van der Waals surface area contributed by atoms with Crippen molar-refractivity contribution in [3.8, 4) is 0 Å². The predicted octanol–water partition coefficient (Wildman–Crippen LogP) is 1.50. The maximum Gasteiger partial charge on any atom is 0.148 e. The third-order valence-electron chi connectivity index (χ3n) is 2.85. The number of aromatic nitrogens is 2. The van der Waals surface area contributed by atoms with E-state index in [1.165, 1.54) is 0 Å². The lowest BCUT2D eigenvalue weighted by Crippen LogP contribution is -2.28. The summed E-state index contributed by atoms with van der Waals surface area (Å²) < 4.78 is 0. The topological polar surface area (TPSA) is 58.0 Å². The van der Waals surface area contributed by atoms with Crippen molar-refractivity contribution in [3.63, 3.8) is 0 Å². The van der Waals surface area contributed by atoms with Crippen LogP contribution in [0.1, 0.15) is 31.4 Å². The molecule has 0 aromatic carbocycles. The minimum atomic E-state index is -0.104. The molecule has 1 aromatic rings. The Kier molecular flexibility index (Phi) is 3.16. The van der Waals surface area contributed by atoms with E-state index in [1.54, 1.807) is 0 Å². The quantitative estimate of drug-likeness (QED) is 0.771. The minimum absolute atomic E-state index is 0.104. The summed E-state index contributed by atoms with van der Waals surface area (Å²) in [6.07, 6.45) is 3.69. The molecule has 1 aliphatic carbocycles. The molecule has 0 bridgehead atoms. The van der Waals surface area contributed by atoms with E-state index in [-0.39, 0.29) is 6.10 Å². The van der Waals surface area contributed by atoms with E-state index in [1.807, 2.05) is 19.1 Å². The number of aliphatic hydroxyl groups excluding tert-OH is 1. The summed E-state index contributed by atoms with van der Waals surface area (Å²) in [6.45, 7) is 1.92. The second-order valence-electron chi connectivity index (χ2n) is 4.21. The summed E-state index contributed by atoms with van der Waals surface area (Å²) in [5.74, 6) is 0.835. The molecule has 0 aliphatic heterocycles. The van der Waals surface area contributed by atoms with Crippen LogP contribution in [-0.2, 0) is 0 Å². The molecule has 4 nitrogen and oxygen atoms in total. The van der Waals surface area contributed by atoms with E-state index in [0.29, 0.717) is 6.04 Å². The second-order valence-corrected chi connectivity index (χ2v) is 4.21. The van der Waals surface area contributed by atoms with Crippen molar-refractivity contribution in [1.29, 1.82) is 0 Å². The Labute approximate surface area is 89.7 Å². The van der Waals surface area contributed by atoms with Crippen LogP contribution in [0.25, 0.3) is 0 Å². The van der Waals surface area contributed by atoms with Gasteiger partial charge in [-0.1, -0.05) is 0 Å². The molecule has 4 heteroatoms. The first-order valence-corrected chi connectivity index (χ1v) is 5.49. The molecule has 2 rings (SSSR count). The van der Waals surface area contributed by atoms with E-state index in [9.17, 15) is 5.11 Å². The molecule has 1 aromatic heterocycles. The fourth-order valence-electron chi connectivity index (χ4n) is 1.91. The van der Waals surface area contributed by atoms with Gasteiger partial charge in [0.2, 0.25) is 0 Å². The van der Waals surface area contributed by atoms with Crippen LogP contribution in [0.2, 0.25) is 0 Å². The molecule has 2 N–H and O–H groups in total. The highest BCUT2D eigenvalue weighted by atomic mass is 16.3. The number of aliphatic hydroxyl groups is 1. The van der Waals surface area contributed by atoms with Crippen LogP contribution in [0.4, 0.5) is 5.82 Å². The first kappa shape index (κ1) is 10.4. The van der Waals surface area contributed by atoms with Crippen molar-refractivity contribution in [2.24, 2.45) is 0 Å². The lowest BCUT2D eigenvalue weighted by atomic mass is 9.93. The maximum atomic E-state index is 9.37. The smallest absolute Gasteiger partial charge is 0.148 e. The van der Waals surface area contributed by atoms with Gasteiger partial charge in [-0.2, -0.15) is 5.10 Å². The van der Waals surface area contributed by atoms with Gasteiger partial charge in [0.25, 0.3) is 0 Å². The lowest BCUT2D eigenvalue weighted by molar-refractivity contribution is 0.126. The van der Waals surface area contributed by atoms with Gasteiger partial charge in [-0.25, -0.2) is 0 Å². The van der Waals surface area contributed by atoms with Crippen LogP contribution in [0, 0.1) is 6.92 Å². The van der Waals surface area contributed by atoms with E-state index in [0.717, 1.165) is 37.2 Å². The first-order chi connectivity index (χ1) is 7.24. The van der Waals surface area contributed by atoms with Crippen molar-refractivity contribution in [3.05, 3.63) is 17.8 Å². The molecule has 1 heterocycles. The van der Waals surface area contributed by atoms with Crippen LogP contribution in [-0.4, -0.2) is 27.4 Å². The molecular formula is C11H17N3O. The summed E-state index contributed by atoms with van der Waals surface area (Å²) in [5.41, 5.74) is 0.930. The van der Waals surface area contributed by atoms with Gasteiger partial charge in [0, 0.05) is 6.04 Å². The molecule has 1 fully saturated rings. The first-order valence-electron chi connectivity index (χ1n) is 5.49. The Morgan fingerprint density at radius 3 is 2.53 bits per heavy atom. The number of anilines is 1. The van der Waals surface area contributed by atoms with Gasteiger partial charge >= 0.3 is 0 Å². The Balaban J connectivity index is 1.89. The zero-order chi connectivity index (χ0) is 10.7. The van der Waals surface area contributed by atoms with Gasteiger partial charge < -0.3 is 10.4 Å². The Morgan fingerprint density at radius 1 is 1.20 bits per heavy atom. The van der Waals surface area contributed by atoms with Crippen molar-refractivity contribution < 1.29 is 5.11 Å². The van der Waals surface area contributed by atoms with Crippen molar-refractivity contribution >= 4 is 5.82 Å². The summed E-state index contributed by atoms with van der Waals surface area (Å²) in [7, 11) is 0.